The van der Waals surface area contributed by atoms with E-state index < -0.39 is 9.84 Å². The molecular formula is C17H21N3O4S. The molecule has 0 radical (unpaired) electrons. The fourth-order valence-electron chi connectivity index (χ4n) is 3.31. The molecule has 0 aliphatic carbocycles. The standard InChI is InChI=1S/C17H21N3O4S/c1-5-20-17(21)13(9-18-20)12-8-10(2)16-15(11(12)3)14(19-24-4)6-7-25(16,22)23/h6,8-9,18-19H,5,7H2,1-4H3. The molecule has 0 atom stereocenters. The summed E-state index contributed by atoms with van der Waals surface area (Å²) in [6, 6.07) is 1.77. The van der Waals surface area contributed by atoms with E-state index in [0.717, 1.165) is 5.56 Å². The largest absolute Gasteiger partial charge is 0.302 e. The number of hydroxylamine groups is 1. The van der Waals surface area contributed by atoms with Crippen molar-refractivity contribution < 1.29 is 13.3 Å². The number of hydrogen-bond acceptors (Lipinski definition) is 5. The maximum Gasteiger partial charge on any atom is 0.274 e. The molecule has 0 saturated heterocycles. The van der Waals surface area contributed by atoms with Crippen LogP contribution in [0, 0.1) is 13.8 Å². The Hall–Kier alpha value is -2.32. The second kappa shape index (κ2) is 6.20. The molecule has 0 saturated carbocycles. The minimum absolute atomic E-state index is 0.0852. The summed E-state index contributed by atoms with van der Waals surface area (Å²) in [5, 5.41) is 2.93. The Morgan fingerprint density at radius 2 is 2.04 bits per heavy atom. The van der Waals surface area contributed by atoms with Crippen molar-refractivity contribution in [1.29, 1.82) is 0 Å². The molecule has 2 N–H and O–H groups in total. The number of nitrogens with zero attached hydrogens (tertiary/aromatic N) is 1. The molecule has 1 aliphatic heterocycles. The Balaban J connectivity index is 2.35. The van der Waals surface area contributed by atoms with E-state index >= 15 is 0 Å². The average Bonchev–Trinajstić information content (AvgIpc) is 2.93. The maximum absolute atomic E-state index is 12.6. The van der Waals surface area contributed by atoms with Crippen LogP contribution in [0.3, 0.4) is 0 Å². The molecule has 0 bridgehead atoms. The fraction of sp³-hybridized carbons (Fsp3) is 0.353. The van der Waals surface area contributed by atoms with E-state index in [9.17, 15) is 13.2 Å². The van der Waals surface area contributed by atoms with Crippen LogP contribution in [0.15, 0.2) is 28.0 Å². The number of hydrogen-bond donors (Lipinski definition) is 2. The summed E-state index contributed by atoms with van der Waals surface area (Å²) in [4.78, 5) is 17.8. The van der Waals surface area contributed by atoms with Gasteiger partial charge < -0.3 is 5.10 Å². The van der Waals surface area contributed by atoms with Crippen LogP contribution in [0.1, 0.15) is 23.6 Å². The third-order valence-corrected chi connectivity index (χ3v) is 6.22. The number of fused-ring (bicyclic) bond motifs is 1. The van der Waals surface area contributed by atoms with Gasteiger partial charge in [0.2, 0.25) is 0 Å². The molecular weight excluding hydrogens is 342 g/mol. The number of aryl methyl sites for hydroxylation is 2. The van der Waals surface area contributed by atoms with E-state index in [0.29, 0.717) is 39.4 Å². The summed E-state index contributed by atoms with van der Waals surface area (Å²) >= 11 is 0. The Bertz CT molecular complexity index is 1030. The Morgan fingerprint density at radius 3 is 2.64 bits per heavy atom. The van der Waals surface area contributed by atoms with Gasteiger partial charge in [0.25, 0.3) is 5.56 Å². The SMILES string of the molecule is CCn1[nH]cc(-c2cc(C)c3c(c2C)C(NOC)=CCS3(=O)=O)c1=O. The topological polar surface area (TPSA) is 93.2 Å². The molecule has 8 heteroatoms. The van der Waals surface area contributed by atoms with Crippen molar-refractivity contribution in [2.24, 2.45) is 0 Å². The van der Waals surface area contributed by atoms with Crippen LogP contribution in [-0.2, 0) is 21.2 Å². The number of nitrogens with one attached hydrogen (secondary N) is 2. The van der Waals surface area contributed by atoms with Crippen molar-refractivity contribution in [3.63, 3.8) is 0 Å². The van der Waals surface area contributed by atoms with E-state index in [-0.39, 0.29) is 11.3 Å². The van der Waals surface area contributed by atoms with Crippen LogP contribution in [-0.4, -0.2) is 31.1 Å². The lowest BCUT2D eigenvalue weighted by Gasteiger charge is -2.24. The highest BCUT2D eigenvalue weighted by Gasteiger charge is 2.30. The lowest BCUT2D eigenvalue weighted by atomic mass is 9.93. The second-order valence-corrected chi connectivity index (χ2v) is 7.98. The van der Waals surface area contributed by atoms with Gasteiger partial charge in [0.1, 0.15) is 0 Å². The van der Waals surface area contributed by atoms with Gasteiger partial charge in [-0.25, -0.2) is 8.42 Å². The first-order chi connectivity index (χ1) is 11.8. The zero-order valence-electron chi connectivity index (χ0n) is 14.6. The summed E-state index contributed by atoms with van der Waals surface area (Å²) in [5.41, 5.74) is 6.36. The van der Waals surface area contributed by atoms with Gasteiger partial charge in [-0.2, -0.15) is 0 Å². The van der Waals surface area contributed by atoms with Crippen LogP contribution in [0.4, 0.5) is 0 Å². The highest BCUT2D eigenvalue weighted by Crippen LogP contribution is 2.38. The van der Waals surface area contributed by atoms with Gasteiger partial charge in [0.05, 0.1) is 29.0 Å². The van der Waals surface area contributed by atoms with Gasteiger partial charge >= 0.3 is 0 Å². The van der Waals surface area contributed by atoms with Gasteiger partial charge in [-0.05, 0) is 49.6 Å². The van der Waals surface area contributed by atoms with E-state index in [1.165, 1.54) is 11.8 Å². The Labute approximate surface area is 146 Å². The molecule has 0 amide bonds. The monoisotopic (exact) mass is 363 g/mol. The Morgan fingerprint density at radius 1 is 1.32 bits per heavy atom. The summed E-state index contributed by atoms with van der Waals surface area (Å²) < 4.78 is 26.7. The highest BCUT2D eigenvalue weighted by atomic mass is 32.2. The zero-order chi connectivity index (χ0) is 18.4. The van der Waals surface area contributed by atoms with Crippen LogP contribution >= 0.6 is 0 Å². The number of aromatic nitrogens is 2. The van der Waals surface area contributed by atoms with E-state index in [1.54, 1.807) is 25.3 Å². The number of H-pyrrole nitrogens is 1. The maximum atomic E-state index is 12.6. The molecule has 2 aromatic rings. The van der Waals surface area contributed by atoms with E-state index in [1.807, 2.05) is 13.8 Å². The summed E-state index contributed by atoms with van der Waals surface area (Å²) in [6.07, 6.45) is 3.25. The lowest BCUT2D eigenvalue weighted by Crippen LogP contribution is -2.23. The molecule has 2 heterocycles. The predicted molar refractivity (Wildman–Crippen MR) is 95.8 cm³/mol. The molecule has 134 valence electrons. The molecule has 0 unspecified atom stereocenters. The predicted octanol–water partition coefficient (Wildman–Crippen LogP) is 1.76. The third kappa shape index (κ3) is 2.71. The fourth-order valence-corrected chi connectivity index (χ4v) is 4.99. The first-order valence-electron chi connectivity index (χ1n) is 7.96. The molecule has 1 aromatic heterocycles. The first-order valence-corrected chi connectivity index (χ1v) is 9.62. The number of benzene rings is 1. The molecule has 1 aliphatic rings. The molecule has 25 heavy (non-hydrogen) atoms. The van der Waals surface area contributed by atoms with Crippen molar-refractivity contribution in [3.05, 3.63) is 45.4 Å². The smallest absolute Gasteiger partial charge is 0.274 e. The average molecular weight is 363 g/mol. The number of aromatic amines is 1. The first kappa shape index (κ1) is 17.5. The lowest BCUT2D eigenvalue weighted by molar-refractivity contribution is 0.136. The van der Waals surface area contributed by atoms with Crippen molar-refractivity contribution in [3.8, 4) is 11.1 Å². The molecule has 7 nitrogen and oxygen atoms in total. The highest BCUT2D eigenvalue weighted by molar-refractivity contribution is 7.91. The van der Waals surface area contributed by atoms with Crippen LogP contribution < -0.4 is 11.0 Å². The van der Waals surface area contributed by atoms with Crippen LogP contribution in [0.2, 0.25) is 0 Å². The van der Waals surface area contributed by atoms with Gasteiger partial charge in [-0.1, -0.05) is 0 Å². The van der Waals surface area contributed by atoms with Crippen molar-refractivity contribution in [2.75, 3.05) is 12.9 Å². The summed E-state index contributed by atoms with van der Waals surface area (Å²) in [7, 11) is -1.94. The minimum atomic E-state index is -3.42. The van der Waals surface area contributed by atoms with Crippen molar-refractivity contribution in [2.45, 2.75) is 32.2 Å². The second-order valence-electron chi connectivity index (χ2n) is 6.01. The van der Waals surface area contributed by atoms with Crippen molar-refractivity contribution in [1.82, 2.24) is 15.3 Å². The number of rotatable bonds is 4. The van der Waals surface area contributed by atoms with Crippen LogP contribution in [0.5, 0.6) is 0 Å². The molecule has 1 aromatic carbocycles. The Kier molecular flexibility index (Phi) is 4.34. The summed E-state index contributed by atoms with van der Waals surface area (Å²) in [6.45, 7) is 5.98. The van der Waals surface area contributed by atoms with E-state index in [4.69, 9.17) is 4.84 Å². The minimum Gasteiger partial charge on any atom is -0.302 e. The van der Waals surface area contributed by atoms with Crippen LogP contribution in [0.25, 0.3) is 16.8 Å². The molecule has 0 fully saturated rings. The van der Waals surface area contributed by atoms with Gasteiger partial charge in [-0.15, -0.1) is 0 Å². The number of sulfone groups is 1. The molecule has 3 rings (SSSR count). The summed E-state index contributed by atoms with van der Waals surface area (Å²) in [5.74, 6) is -0.0852. The third-order valence-electron chi connectivity index (χ3n) is 4.47. The molecule has 0 spiro atoms. The zero-order valence-corrected chi connectivity index (χ0v) is 15.5. The van der Waals surface area contributed by atoms with Gasteiger partial charge in [-0.3, -0.25) is 19.8 Å². The van der Waals surface area contributed by atoms with E-state index in [2.05, 4.69) is 10.6 Å². The van der Waals surface area contributed by atoms with Gasteiger partial charge in [0, 0.05) is 18.3 Å². The normalized spacial score (nSPS) is 15.6. The van der Waals surface area contributed by atoms with Gasteiger partial charge in [0.15, 0.2) is 9.84 Å². The van der Waals surface area contributed by atoms with Crippen molar-refractivity contribution >= 4 is 15.5 Å². The quantitative estimate of drug-likeness (QED) is 0.808.